The van der Waals surface area contributed by atoms with Crippen molar-refractivity contribution in [2.24, 2.45) is 0 Å². The predicted octanol–water partition coefficient (Wildman–Crippen LogP) is 3.10. The monoisotopic (exact) mass is 324 g/mol. The zero-order chi connectivity index (χ0) is 17.6. The van der Waals surface area contributed by atoms with Crippen LogP contribution >= 0.6 is 0 Å². The summed E-state index contributed by atoms with van der Waals surface area (Å²) in [7, 11) is 1.58. The topological polar surface area (TPSA) is 82.8 Å². The lowest BCUT2D eigenvalue weighted by Crippen LogP contribution is -2.43. The van der Waals surface area contributed by atoms with E-state index in [1.165, 1.54) is 0 Å². The number of hydrogen-bond donors (Lipinski definition) is 2. The van der Waals surface area contributed by atoms with Gasteiger partial charge in [-0.2, -0.15) is 0 Å². The Morgan fingerprint density at radius 3 is 2.48 bits per heavy atom. The molecule has 0 aromatic heterocycles. The van der Waals surface area contributed by atoms with Crippen molar-refractivity contribution in [1.29, 1.82) is 0 Å². The van der Waals surface area contributed by atoms with Crippen LogP contribution in [0.2, 0.25) is 0 Å². The Morgan fingerprint density at radius 1 is 1.30 bits per heavy atom. The molecule has 0 aliphatic rings. The largest absolute Gasteiger partial charge is 0.495 e. The summed E-state index contributed by atoms with van der Waals surface area (Å²) in [4.78, 5) is 11.7. The summed E-state index contributed by atoms with van der Waals surface area (Å²) < 4.78 is 16.1. The summed E-state index contributed by atoms with van der Waals surface area (Å²) >= 11 is 0. The van der Waals surface area contributed by atoms with Crippen molar-refractivity contribution in [2.75, 3.05) is 12.8 Å². The molecular weight excluding hydrogens is 296 g/mol. The van der Waals surface area contributed by atoms with Gasteiger partial charge in [0.1, 0.15) is 11.4 Å². The van der Waals surface area contributed by atoms with Gasteiger partial charge in [-0.25, -0.2) is 4.79 Å². The highest BCUT2D eigenvalue weighted by Crippen LogP contribution is 2.22. The van der Waals surface area contributed by atoms with E-state index in [0.717, 1.165) is 5.56 Å². The van der Waals surface area contributed by atoms with Crippen molar-refractivity contribution < 1.29 is 19.0 Å². The first-order valence-corrected chi connectivity index (χ1v) is 7.66. The number of methoxy groups -OCH3 is 1. The molecule has 1 aromatic carbocycles. The minimum atomic E-state index is -0.519. The third-order valence-corrected chi connectivity index (χ3v) is 3.26. The van der Waals surface area contributed by atoms with Crippen LogP contribution in [0.4, 0.5) is 10.5 Å². The smallest absolute Gasteiger partial charge is 0.407 e. The number of nitrogens with two attached hydrogens (primary N) is 1. The van der Waals surface area contributed by atoms with Crippen LogP contribution in [-0.2, 0) is 16.1 Å². The standard InChI is InChI=1S/C17H28N2O4/c1-11(19-16(20)23-17(3,4)5)12(2)22-10-13-7-8-15(21-6)14(18)9-13/h7-9,11-12H,10,18H2,1-6H3,(H,19,20)/t11-,12?/m1/s1. The fourth-order valence-electron chi connectivity index (χ4n) is 1.86. The van der Waals surface area contributed by atoms with Crippen LogP contribution in [0.25, 0.3) is 0 Å². The van der Waals surface area contributed by atoms with Crippen molar-refractivity contribution in [3.05, 3.63) is 23.8 Å². The Morgan fingerprint density at radius 2 is 1.96 bits per heavy atom. The van der Waals surface area contributed by atoms with Gasteiger partial charge in [0.05, 0.1) is 31.5 Å². The van der Waals surface area contributed by atoms with Crippen molar-refractivity contribution in [1.82, 2.24) is 5.32 Å². The number of anilines is 1. The van der Waals surface area contributed by atoms with Crippen LogP contribution in [-0.4, -0.2) is 30.9 Å². The van der Waals surface area contributed by atoms with Gasteiger partial charge in [0, 0.05) is 0 Å². The van der Waals surface area contributed by atoms with E-state index in [0.29, 0.717) is 18.0 Å². The average Bonchev–Trinajstić information content (AvgIpc) is 2.42. The van der Waals surface area contributed by atoms with E-state index in [1.807, 2.05) is 46.8 Å². The van der Waals surface area contributed by atoms with E-state index in [1.54, 1.807) is 13.2 Å². The zero-order valence-corrected chi connectivity index (χ0v) is 14.8. The lowest BCUT2D eigenvalue weighted by atomic mass is 10.2. The summed E-state index contributed by atoms with van der Waals surface area (Å²) in [6.07, 6.45) is -0.625. The number of hydrogen-bond acceptors (Lipinski definition) is 5. The Kier molecular flexibility index (Phi) is 6.69. The lowest BCUT2D eigenvalue weighted by Gasteiger charge is -2.25. The van der Waals surface area contributed by atoms with E-state index in [4.69, 9.17) is 19.9 Å². The molecule has 6 heteroatoms. The van der Waals surface area contributed by atoms with E-state index >= 15 is 0 Å². The number of nitrogens with one attached hydrogen (secondary N) is 1. The molecule has 2 atom stereocenters. The molecule has 0 saturated heterocycles. The molecule has 6 nitrogen and oxygen atoms in total. The molecule has 3 N–H and O–H groups in total. The van der Waals surface area contributed by atoms with Gasteiger partial charge in [-0.1, -0.05) is 6.07 Å². The second-order valence-corrected chi connectivity index (χ2v) is 6.53. The summed E-state index contributed by atoms with van der Waals surface area (Å²) in [5.41, 5.74) is 6.86. The molecule has 0 aliphatic heterocycles. The molecule has 0 fully saturated rings. The Balaban J connectivity index is 2.48. The second kappa shape index (κ2) is 8.06. The second-order valence-electron chi connectivity index (χ2n) is 6.53. The van der Waals surface area contributed by atoms with Crippen LogP contribution in [0.5, 0.6) is 5.75 Å². The molecule has 1 aromatic rings. The summed E-state index contributed by atoms with van der Waals surface area (Å²) in [6.45, 7) is 9.64. The fraction of sp³-hybridized carbons (Fsp3) is 0.588. The number of carbonyl (C=O) groups is 1. The number of nitrogen functional groups attached to an aromatic ring is 1. The SMILES string of the molecule is COc1ccc(COC(C)[C@@H](C)NC(=O)OC(C)(C)C)cc1N. The lowest BCUT2D eigenvalue weighted by molar-refractivity contribution is 0.0183. The zero-order valence-electron chi connectivity index (χ0n) is 14.8. The maximum atomic E-state index is 11.7. The molecular formula is C17H28N2O4. The highest BCUT2D eigenvalue weighted by molar-refractivity contribution is 5.68. The number of ether oxygens (including phenoxy) is 3. The van der Waals surface area contributed by atoms with Gasteiger partial charge in [-0.15, -0.1) is 0 Å². The summed E-state index contributed by atoms with van der Waals surface area (Å²) in [5.74, 6) is 0.641. The van der Waals surface area contributed by atoms with Crippen molar-refractivity contribution >= 4 is 11.8 Å². The summed E-state index contributed by atoms with van der Waals surface area (Å²) in [5, 5.41) is 2.77. The van der Waals surface area contributed by atoms with Gasteiger partial charge in [0.25, 0.3) is 0 Å². The first-order chi connectivity index (χ1) is 10.6. The van der Waals surface area contributed by atoms with E-state index in [-0.39, 0.29) is 12.1 Å². The first-order valence-electron chi connectivity index (χ1n) is 7.66. The van der Waals surface area contributed by atoms with E-state index < -0.39 is 11.7 Å². The number of rotatable bonds is 6. The predicted molar refractivity (Wildman–Crippen MR) is 90.5 cm³/mol. The highest BCUT2D eigenvalue weighted by Gasteiger charge is 2.20. The third-order valence-electron chi connectivity index (χ3n) is 3.26. The van der Waals surface area contributed by atoms with Crippen LogP contribution in [0.1, 0.15) is 40.2 Å². The van der Waals surface area contributed by atoms with Gasteiger partial charge < -0.3 is 25.3 Å². The number of benzene rings is 1. The average molecular weight is 324 g/mol. The van der Waals surface area contributed by atoms with E-state index in [2.05, 4.69) is 5.32 Å². The number of amides is 1. The van der Waals surface area contributed by atoms with Crippen LogP contribution in [0.3, 0.4) is 0 Å². The maximum Gasteiger partial charge on any atom is 0.407 e. The molecule has 0 bridgehead atoms. The van der Waals surface area contributed by atoms with Gasteiger partial charge in [0.15, 0.2) is 0 Å². The van der Waals surface area contributed by atoms with Crippen LogP contribution in [0.15, 0.2) is 18.2 Å². The van der Waals surface area contributed by atoms with Gasteiger partial charge >= 0.3 is 6.09 Å². The molecule has 0 saturated carbocycles. The minimum absolute atomic E-state index is 0.175. The van der Waals surface area contributed by atoms with Crippen LogP contribution in [0, 0.1) is 0 Å². The summed E-state index contributed by atoms with van der Waals surface area (Å²) in [6, 6.07) is 5.34. The first kappa shape index (κ1) is 19.1. The number of alkyl carbamates (subject to hydrolysis) is 1. The quantitative estimate of drug-likeness (QED) is 0.786. The molecule has 0 spiro atoms. The molecule has 0 radical (unpaired) electrons. The van der Waals surface area contributed by atoms with Crippen molar-refractivity contribution in [3.8, 4) is 5.75 Å². The van der Waals surface area contributed by atoms with Crippen molar-refractivity contribution in [3.63, 3.8) is 0 Å². The molecule has 1 amide bonds. The molecule has 23 heavy (non-hydrogen) atoms. The van der Waals surface area contributed by atoms with Gasteiger partial charge in [0.2, 0.25) is 0 Å². The molecule has 1 rings (SSSR count). The van der Waals surface area contributed by atoms with Crippen molar-refractivity contribution in [2.45, 2.75) is 59.0 Å². The Labute approximate surface area is 138 Å². The third kappa shape index (κ3) is 6.78. The van der Waals surface area contributed by atoms with Gasteiger partial charge in [-0.3, -0.25) is 0 Å². The molecule has 0 aliphatic carbocycles. The molecule has 0 heterocycles. The number of carbonyl (C=O) groups excluding carboxylic acids is 1. The van der Waals surface area contributed by atoms with Gasteiger partial charge in [-0.05, 0) is 52.3 Å². The minimum Gasteiger partial charge on any atom is -0.495 e. The normalized spacial score (nSPS) is 14.0. The molecule has 130 valence electrons. The Bertz CT molecular complexity index is 526. The fourth-order valence-corrected chi connectivity index (χ4v) is 1.86. The van der Waals surface area contributed by atoms with Crippen LogP contribution < -0.4 is 15.8 Å². The van der Waals surface area contributed by atoms with E-state index in [9.17, 15) is 4.79 Å². The Hall–Kier alpha value is -1.95. The molecule has 1 unspecified atom stereocenters. The highest BCUT2D eigenvalue weighted by atomic mass is 16.6. The maximum absolute atomic E-state index is 11.7.